The van der Waals surface area contributed by atoms with Gasteiger partial charge in [0.15, 0.2) is 5.79 Å². The van der Waals surface area contributed by atoms with Crippen LogP contribution < -0.4 is 5.73 Å². The number of ether oxygens (including phenoxy) is 2. The lowest BCUT2D eigenvalue weighted by Gasteiger charge is -2.58. The van der Waals surface area contributed by atoms with Gasteiger partial charge in [0.2, 0.25) is 0 Å². The minimum Gasteiger partial charge on any atom is -0.347 e. The van der Waals surface area contributed by atoms with Crippen LogP contribution in [0.25, 0.3) is 0 Å². The molecule has 1 aliphatic heterocycles. The van der Waals surface area contributed by atoms with Crippen LogP contribution in [0.1, 0.15) is 32.1 Å². The van der Waals surface area contributed by atoms with Crippen molar-refractivity contribution in [3.8, 4) is 0 Å². The van der Waals surface area contributed by atoms with E-state index in [1.165, 1.54) is 32.1 Å². The minimum atomic E-state index is -0.211. The molecule has 4 saturated carbocycles. The first-order valence-corrected chi connectivity index (χ1v) is 6.82. The maximum Gasteiger partial charge on any atom is 0.174 e. The van der Waals surface area contributed by atoms with Gasteiger partial charge in [-0.25, -0.2) is 0 Å². The summed E-state index contributed by atoms with van der Waals surface area (Å²) < 4.78 is 12.3. The van der Waals surface area contributed by atoms with E-state index in [-0.39, 0.29) is 11.9 Å². The van der Waals surface area contributed by atoms with Crippen LogP contribution in [0.5, 0.6) is 0 Å². The van der Waals surface area contributed by atoms with Crippen molar-refractivity contribution in [2.75, 3.05) is 13.2 Å². The summed E-state index contributed by atoms with van der Waals surface area (Å²) in [5, 5.41) is 0. The van der Waals surface area contributed by atoms with Gasteiger partial charge in [-0.3, -0.25) is 0 Å². The first-order valence-electron chi connectivity index (χ1n) is 6.82. The minimum absolute atomic E-state index is 0.150. The Hall–Kier alpha value is -0.120. The highest BCUT2D eigenvalue weighted by atomic mass is 16.7. The highest BCUT2D eigenvalue weighted by Gasteiger charge is 2.61. The molecule has 1 heterocycles. The fourth-order valence-electron chi connectivity index (χ4n) is 4.94. The standard InChI is InChI=1S/C13H21NO2/c14-6-12-7-15-13(16-12)10-2-8-1-9(4-10)5-11(13)3-8/h8-12H,1-7,14H2. The topological polar surface area (TPSA) is 44.5 Å². The molecule has 4 bridgehead atoms. The largest absolute Gasteiger partial charge is 0.347 e. The zero-order valence-corrected chi connectivity index (χ0v) is 9.73. The van der Waals surface area contributed by atoms with E-state index >= 15 is 0 Å². The van der Waals surface area contributed by atoms with E-state index in [2.05, 4.69) is 0 Å². The molecule has 1 spiro atoms. The predicted molar refractivity (Wildman–Crippen MR) is 59.7 cm³/mol. The Balaban J connectivity index is 1.64. The molecule has 5 aliphatic rings. The van der Waals surface area contributed by atoms with Crippen LogP contribution in [0.4, 0.5) is 0 Å². The third-order valence-corrected chi connectivity index (χ3v) is 5.38. The van der Waals surface area contributed by atoms with E-state index in [1.54, 1.807) is 0 Å². The summed E-state index contributed by atoms with van der Waals surface area (Å²) in [6.07, 6.45) is 6.98. The van der Waals surface area contributed by atoms with Gasteiger partial charge in [0.05, 0.1) is 12.7 Å². The number of rotatable bonds is 1. The van der Waals surface area contributed by atoms with Gasteiger partial charge in [0, 0.05) is 18.4 Å². The van der Waals surface area contributed by atoms with Crippen molar-refractivity contribution in [1.29, 1.82) is 0 Å². The fraction of sp³-hybridized carbons (Fsp3) is 1.00. The molecule has 0 radical (unpaired) electrons. The Labute approximate surface area is 96.7 Å². The van der Waals surface area contributed by atoms with E-state index in [0.717, 1.165) is 18.4 Å². The van der Waals surface area contributed by atoms with Gasteiger partial charge in [0.1, 0.15) is 0 Å². The van der Waals surface area contributed by atoms with Crippen molar-refractivity contribution in [3.63, 3.8) is 0 Å². The fourth-order valence-corrected chi connectivity index (χ4v) is 4.94. The van der Waals surface area contributed by atoms with Gasteiger partial charge >= 0.3 is 0 Å². The normalized spacial score (nSPS) is 58.7. The molecule has 1 unspecified atom stereocenters. The lowest BCUT2D eigenvalue weighted by molar-refractivity contribution is -0.293. The Morgan fingerprint density at radius 3 is 2.12 bits per heavy atom. The number of hydrogen-bond acceptors (Lipinski definition) is 3. The summed E-state index contributed by atoms with van der Waals surface area (Å²) in [7, 11) is 0. The van der Waals surface area contributed by atoms with Gasteiger partial charge in [-0.2, -0.15) is 0 Å². The van der Waals surface area contributed by atoms with Crippen LogP contribution in [0.15, 0.2) is 0 Å². The predicted octanol–water partition coefficient (Wildman–Crippen LogP) is 1.51. The summed E-state index contributed by atoms with van der Waals surface area (Å²) >= 11 is 0. The van der Waals surface area contributed by atoms with Crippen molar-refractivity contribution in [2.45, 2.75) is 44.0 Å². The zero-order valence-electron chi connectivity index (χ0n) is 9.73. The molecule has 0 aromatic rings. The Morgan fingerprint density at radius 1 is 1.00 bits per heavy atom. The summed E-state index contributed by atoms with van der Waals surface area (Å²) in [6, 6.07) is 0. The quantitative estimate of drug-likeness (QED) is 0.733. The van der Waals surface area contributed by atoms with Crippen molar-refractivity contribution >= 4 is 0 Å². The first kappa shape index (κ1) is 9.86. The van der Waals surface area contributed by atoms with E-state index in [9.17, 15) is 0 Å². The lowest BCUT2D eigenvalue weighted by atomic mass is 9.53. The average molecular weight is 223 g/mol. The second-order valence-corrected chi connectivity index (χ2v) is 6.31. The van der Waals surface area contributed by atoms with Crippen LogP contribution in [0.2, 0.25) is 0 Å². The molecular weight excluding hydrogens is 202 g/mol. The summed E-state index contributed by atoms with van der Waals surface area (Å²) in [4.78, 5) is 0. The van der Waals surface area contributed by atoms with E-state index in [1.807, 2.05) is 0 Å². The first-order chi connectivity index (χ1) is 7.80. The number of nitrogens with two attached hydrogens (primary N) is 1. The summed E-state index contributed by atoms with van der Waals surface area (Å²) in [5.41, 5.74) is 5.71. The Bertz CT molecular complexity index is 276. The van der Waals surface area contributed by atoms with Crippen LogP contribution in [-0.4, -0.2) is 25.0 Å². The van der Waals surface area contributed by atoms with Gasteiger partial charge in [-0.05, 0) is 43.9 Å². The van der Waals surface area contributed by atoms with Crippen molar-refractivity contribution < 1.29 is 9.47 Å². The highest BCUT2D eigenvalue weighted by molar-refractivity contribution is 5.05. The highest BCUT2D eigenvalue weighted by Crippen LogP contribution is 2.61. The molecule has 2 N–H and O–H groups in total. The summed E-state index contributed by atoms with van der Waals surface area (Å²) in [5.74, 6) is 3.06. The van der Waals surface area contributed by atoms with E-state index in [0.29, 0.717) is 18.4 Å². The third-order valence-electron chi connectivity index (χ3n) is 5.38. The van der Waals surface area contributed by atoms with Gasteiger partial charge in [0.25, 0.3) is 0 Å². The van der Waals surface area contributed by atoms with Gasteiger partial charge in [-0.15, -0.1) is 0 Å². The average Bonchev–Trinajstić information content (AvgIpc) is 2.70. The SMILES string of the molecule is NCC1COC2(O1)C1CC3CC(C1)CC2C3. The molecule has 0 aromatic carbocycles. The molecule has 0 aromatic heterocycles. The molecule has 3 nitrogen and oxygen atoms in total. The lowest BCUT2D eigenvalue weighted by Crippen LogP contribution is -2.58. The zero-order chi connectivity index (χ0) is 10.8. The van der Waals surface area contributed by atoms with Crippen LogP contribution in [-0.2, 0) is 9.47 Å². The molecule has 1 atom stereocenters. The molecule has 5 rings (SSSR count). The second-order valence-electron chi connectivity index (χ2n) is 6.31. The molecule has 16 heavy (non-hydrogen) atoms. The van der Waals surface area contributed by atoms with Crippen LogP contribution in [0.3, 0.4) is 0 Å². The molecule has 5 fully saturated rings. The van der Waals surface area contributed by atoms with Crippen molar-refractivity contribution in [2.24, 2.45) is 29.4 Å². The molecule has 90 valence electrons. The van der Waals surface area contributed by atoms with E-state index in [4.69, 9.17) is 15.2 Å². The Morgan fingerprint density at radius 2 is 1.62 bits per heavy atom. The molecule has 1 saturated heterocycles. The molecular formula is C13H21NO2. The number of hydrogen-bond donors (Lipinski definition) is 1. The smallest absolute Gasteiger partial charge is 0.174 e. The van der Waals surface area contributed by atoms with Crippen LogP contribution in [0, 0.1) is 23.7 Å². The van der Waals surface area contributed by atoms with Crippen molar-refractivity contribution in [1.82, 2.24) is 0 Å². The van der Waals surface area contributed by atoms with Crippen molar-refractivity contribution in [3.05, 3.63) is 0 Å². The molecule has 0 amide bonds. The Kier molecular flexibility index (Phi) is 1.98. The maximum atomic E-state index is 6.23. The van der Waals surface area contributed by atoms with Gasteiger partial charge in [-0.1, -0.05) is 0 Å². The molecule has 4 aliphatic carbocycles. The second kappa shape index (κ2) is 3.21. The molecule has 3 heteroatoms. The van der Waals surface area contributed by atoms with E-state index < -0.39 is 0 Å². The van der Waals surface area contributed by atoms with Crippen LogP contribution >= 0.6 is 0 Å². The van der Waals surface area contributed by atoms with Gasteiger partial charge < -0.3 is 15.2 Å². The monoisotopic (exact) mass is 223 g/mol. The third kappa shape index (κ3) is 1.14. The maximum absolute atomic E-state index is 6.23. The summed E-state index contributed by atoms with van der Waals surface area (Å²) in [6.45, 7) is 1.33.